The Morgan fingerprint density at radius 1 is 1.33 bits per heavy atom. The van der Waals surface area contributed by atoms with Crippen molar-refractivity contribution in [3.8, 4) is 0 Å². The average Bonchev–Trinajstić information content (AvgIpc) is 3.11. The predicted octanol–water partition coefficient (Wildman–Crippen LogP) is 3.47. The average molecular weight is 341 g/mol. The van der Waals surface area contributed by atoms with Gasteiger partial charge in [-0.25, -0.2) is 18.0 Å². The van der Waals surface area contributed by atoms with E-state index in [-0.39, 0.29) is 6.42 Å². The Hall–Kier alpha value is -1.76. The summed E-state index contributed by atoms with van der Waals surface area (Å²) in [5.41, 5.74) is 0.614. The lowest BCUT2D eigenvalue weighted by molar-refractivity contribution is 0.0148. The van der Waals surface area contributed by atoms with E-state index < -0.39 is 30.4 Å². The number of anilines is 1. The first kappa shape index (κ1) is 17.1. The van der Waals surface area contributed by atoms with Crippen molar-refractivity contribution in [1.82, 2.24) is 9.80 Å². The van der Waals surface area contributed by atoms with Crippen LogP contribution in [-0.2, 0) is 0 Å². The van der Waals surface area contributed by atoms with Crippen LogP contribution in [0.25, 0.3) is 0 Å². The summed E-state index contributed by atoms with van der Waals surface area (Å²) >= 11 is 0. The molecule has 1 N–H and O–H groups in total. The summed E-state index contributed by atoms with van der Waals surface area (Å²) < 4.78 is 41.3. The van der Waals surface area contributed by atoms with Crippen LogP contribution < -0.4 is 5.32 Å². The van der Waals surface area contributed by atoms with Gasteiger partial charge in [0.15, 0.2) is 0 Å². The van der Waals surface area contributed by atoms with Gasteiger partial charge in [-0.05, 0) is 45.0 Å². The second-order valence-electron chi connectivity index (χ2n) is 6.69. The summed E-state index contributed by atoms with van der Waals surface area (Å²) in [5, 5.41) is 2.58. The van der Waals surface area contributed by atoms with Gasteiger partial charge in [0.1, 0.15) is 5.82 Å². The van der Waals surface area contributed by atoms with Crippen molar-refractivity contribution < 1.29 is 18.0 Å². The van der Waals surface area contributed by atoms with Crippen LogP contribution in [0, 0.1) is 12.7 Å². The molecule has 0 unspecified atom stereocenters. The van der Waals surface area contributed by atoms with E-state index in [1.807, 2.05) is 0 Å². The van der Waals surface area contributed by atoms with E-state index in [1.54, 1.807) is 13.0 Å². The first-order valence-corrected chi connectivity index (χ1v) is 8.29. The van der Waals surface area contributed by atoms with Crippen molar-refractivity contribution in [3.05, 3.63) is 29.6 Å². The fourth-order valence-corrected chi connectivity index (χ4v) is 3.49. The minimum atomic E-state index is -2.88. The molecule has 0 aromatic heterocycles. The number of urea groups is 1. The molecule has 2 heterocycles. The van der Waals surface area contributed by atoms with Crippen molar-refractivity contribution in [3.63, 3.8) is 0 Å². The molecule has 2 fully saturated rings. The Bertz CT molecular complexity index is 617. The molecule has 7 heteroatoms. The molecule has 0 radical (unpaired) electrons. The third-order valence-electron chi connectivity index (χ3n) is 4.81. The predicted molar refractivity (Wildman–Crippen MR) is 85.9 cm³/mol. The highest BCUT2D eigenvalue weighted by Gasteiger charge is 2.47. The van der Waals surface area contributed by atoms with E-state index in [9.17, 15) is 18.0 Å². The first-order valence-electron chi connectivity index (χ1n) is 8.29. The van der Waals surface area contributed by atoms with Crippen molar-refractivity contribution in [2.75, 3.05) is 31.5 Å². The standard InChI is InChI=1S/C17H22F3N3O/c1-12-14(18)5-4-6-15(12)21-16(24)23-11-17(19,20)9-13(23)10-22-7-2-3-8-22/h4-6,13H,2-3,7-11H2,1H3,(H,21,24)/t13-/m0/s1. The van der Waals surface area contributed by atoms with Gasteiger partial charge in [0.25, 0.3) is 5.92 Å². The fraction of sp³-hybridized carbons (Fsp3) is 0.588. The van der Waals surface area contributed by atoms with Crippen LogP contribution in [0.4, 0.5) is 23.7 Å². The van der Waals surface area contributed by atoms with E-state index >= 15 is 0 Å². The largest absolute Gasteiger partial charge is 0.322 e. The fourth-order valence-electron chi connectivity index (χ4n) is 3.49. The highest BCUT2D eigenvalue weighted by molar-refractivity contribution is 5.90. The van der Waals surface area contributed by atoms with Crippen LogP contribution in [0.1, 0.15) is 24.8 Å². The monoisotopic (exact) mass is 341 g/mol. The van der Waals surface area contributed by atoms with Gasteiger partial charge in [0.05, 0.1) is 12.6 Å². The number of amides is 2. The number of nitrogens with zero attached hydrogens (tertiary/aromatic N) is 2. The number of hydrogen-bond donors (Lipinski definition) is 1. The minimum Gasteiger partial charge on any atom is -0.314 e. The molecule has 0 bridgehead atoms. The number of carbonyl (C=O) groups is 1. The maximum atomic E-state index is 13.9. The van der Waals surface area contributed by atoms with Crippen LogP contribution in [0.15, 0.2) is 18.2 Å². The molecule has 24 heavy (non-hydrogen) atoms. The third-order valence-corrected chi connectivity index (χ3v) is 4.81. The molecule has 132 valence electrons. The summed E-state index contributed by atoms with van der Waals surface area (Å²) in [6.07, 6.45) is 1.81. The molecule has 0 spiro atoms. The van der Waals surface area contributed by atoms with E-state index in [0.717, 1.165) is 25.9 Å². The molecule has 4 nitrogen and oxygen atoms in total. The van der Waals surface area contributed by atoms with Gasteiger partial charge in [-0.1, -0.05) is 6.07 Å². The van der Waals surface area contributed by atoms with Crippen LogP contribution in [0.2, 0.25) is 0 Å². The lowest BCUT2D eigenvalue weighted by Gasteiger charge is -2.28. The molecule has 3 rings (SSSR count). The van der Waals surface area contributed by atoms with E-state index in [4.69, 9.17) is 0 Å². The maximum absolute atomic E-state index is 13.9. The number of likely N-dealkylation sites (tertiary alicyclic amines) is 2. The third kappa shape index (κ3) is 3.66. The van der Waals surface area contributed by atoms with Gasteiger partial charge in [0, 0.05) is 24.2 Å². The van der Waals surface area contributed by atoms with Gasteiger partial charge in [-0.2, -0.15) is 0 Å². The number of benzene rings is 1. The number of alkyl halides is 2. The minimum absolute atomic E-state index is 0.299. The summed E-state index contributed by atoms with van der Waals surface area (Å²) in [4.78, 5) is 15.8. The maximum Gasteiger partial charge on any atom is 0.322 e. The molecule has 1 atom stereocenters. The number of halogens is 3. The number of rotatable bonds is 3. The van der Waals surface area contributed by atoms with E-state index in [2.05, 4.69) is 10.2 Å². The van der Waals surface area contributed by atoms with Crippen LogP contribution in [0.3, 0.4) is 0 Å². The lowest BCUT2D eigenvalue weighted by Crippen LogP contribution is -2.44. The quantitative estimate of drug-likeness (QED) is 0.914. The Morgan fingerprint density at radius 2 is 2.04 bits per heavy atom. The molecule has 2 saturated heterocycles. The second-order valence-corrected chi connectivity index (χ2v) is 6.69. The molecule has 2 aliphatic rings. The molecule has 1 aromatic carbocycles. The van der Waals surface area contributed by atoms with Crippen LogP contribution >= 0.6 is 0 Å². The van der Waals surface area contributed by atoms with Gasteiger partial charge < -0.3 is 15.1 Å². The van der Waals surface area contributed by atoms with Crippen LogP contribution in [0.5, 0.6) is 0 Å². The Kier molecular flexibility index (Phi) is 4.71. The normalized spacial score (nSPS) is 23.7. The molecule has 2 amide bonds. The SMILES string of the molecule is Cc1c(F)cccc1NC(=O)N1CC(F)(F)C[C@H]1CN1CCCC1. The number of hydrogen-bond acceptors (Lipinski definition) is 2. The molecule has 0 saturated carbocycles. The summed E-state index contributed by atoms with van der Waals surface area (Å²) in [6.45, 7) is 3.20. The zero-order chi connectivity index (χ0) is 17.3. The Labute approximate surface area is 139 Å². The molecule has 0 aliphatic carbocycles. The van der Waals surface area contributed by atoms with E-state index in [0.29, 0.717) is 17.8 Å². The van der Waals surface area contributed by atoms with Crippen molar-refractivity contribution in [1.29, 1.82) is 0 Å². The zero-order valence-corrected chi connectivity index (χ0v) is 13.7. The highest BCUT2D eigenvalue weighted by Crippen LogP contribution is 2.33. The van der Waals surface area contributed by atoms with Gasteiger partial charge >= 0.3 is 6.03 Å². The summed E-state index contributed by atoms with van der Waals surface area (Å²) in [7, 11) is 0. The van der Waals surface area contributed by atoms with E-state index in [1.165, 1.54) is 17.0 Å². The lowest BCUT2D eigenvalue weighted by atomic mass is 10.2. The smallest absolute Gasteiger partial charge is 0.314 e. The Morgan fingerprint density at radius 3 is 2.75 bits per heavy atom. The molecular formula is C17H22F3N3O. The van der Waals surface area contributed by atoms with Gasteiger partial charge in [0.2, 0.25) is 0 Å². The summed E-state index contributed by atoms with van der Waals surface area (Å²) in [5.74, 6) is -3.31. The van der Waals surface area contributed by atoms with Crippen LogP contribution in [-0.4, -0.2) is 54.0 Å². The van der Waals surface area contributed by atoms with Crippen molar-refractivity contribution in [2.24, 2.45) is 0 Å². The van der Waals surface area contributed by atoms with Crippen molar-refractivity contribution >= 4 is 11.7 Å². The molecule has 2 aliphatic heterocycles. The Balaban J connectivity index is 1.72. The second kappa shape index (κ2) is 6.63. The first-order chi connectivity index (χ1) is 11.4. The van der Waals surface area contributed by atoms with Gasteiger partial charge in [-0.15, -0.1) is 0 Å². The number of nitrogens with one attached hydrogen (secondary N) is 1. The van der Waals surface area contributed by atoms with Crippen molar-refractivity contribution in [2.45, 2.75) is 38.2 Å². The molecular weight excluding hydrogens is 319 g/mol. The van der Waals surface area contributed by atoms with Gasteiger partial charge in [-0.3, -0.25) is 0 Å². The molecule has 1 aromatic rings. The summed E-state index contributed by atoms with van der Waals surface area (Å²) in [6, 6.07) is 3.24. The highest BCUT2D eigenvalue weighted by atomic mass is 19.3. The zero-order valence-electron chi connectivity index (χ0n) is 13.7. The topological polar surface area (TPSA) is 35.6 Å². The number of carbonyl (C=O) groups excluding carboxylic acids is 1.